The number of esters is 1. The van der Waals surface area contributed by atoms with Gasteiger partial charge < -0.3 is 14.8 Å². The van der Waals surface area contributed by atoms with Crippen molar-refractivity contribution in [3.8, 4) is 5.75 Å². The Kier molecular flexibility index (Phi) is 6.98. The quantitative estimate of drug-likeness (QED) is 0.374. The molecule has 1 aliphatic heterocycles. The van der Waals surface area contributed by atoms with E-state index in [0.717, 1.165) is 23.5 Å². The molecule has 2 aromatic rings. The highest BCUT2D eigenvalue weighted by Gasteiger charge is 2.35. The average Bonchev–Trinajstić information content (AvgIpc) is 3.12. The Bertz CT molecular complexity index is 905. The van der Waals surface area contributed by atoms with Crippen molar-refractivity contribution in [2.45, 2.75) is 38.4 Å². The SMILES string of the molecule is C=CCOC(=O)C1=C(C)Nc2nc(SCCC)nn2C1c1ccc(OCC)cc1. The molecule has 8 heteroatoms. The third kappa shape index (κ3) is 4.64. The summed E-state index contributed by atoms with van der Waals surface area (Å²) in [6.45, 7) is 10.3. The van der Waals surface area contributed by atoms with Gasteiger partial charge in [-0.05, 0) is 38.0 Å². The van der Waals surface area contributed by atoms with Crippen molar-refractivity contribution >= 4 is 23.7 Å². The second-order valence-corrected chi connectivity index (χ2v) is 7.53. The first-order valence-corrected chi connectivity index (χ1v) is 10.7. The van der Waals surface area contributed by atoms with Gasteiger partial charge in [0.05, 0.1) is 12.2 Å². The maximum absolute atomic E-state index is 12.8. The van der Waals surface area contributed by atoms with E-state index in [2.05, 4.69) is 28.9 Å². The number of hydrogen-bond acceptors (Lipinski definition) is 7. The zero-order valence-corrected chi connectivity index (χ0v) is 17.8. The summed E-state index contributed by atoms with van der Waals surface area (Å²) in [5.41, 5.74) is 2.10. The number of allylic oxidation sites excluding steroid dienone is 1. The normalized spacial score (nSPS) is 15.5. The lowest BCUT2D eigenvalue weighted by molar-refractivity contribution is -0.138. The van der Waals surface area contributed by atoms with Gasteiger partial charge in [0.1, 0.15) is 18.4 Å². The van der Waals surface area contributed by atoms with Gasteiger partial charge in [-0.25, -0.2) is 9.48 Å². The first-order chi connectivity index (χ1) is 14.1. The lowest BCUT2D eigenvalue weighted by atomic mass is 9.96. The summed E-state index contributed by atoms with van der Waals surface area (Å²) < 4.78 is 12.7. The number of thioether (sulfide) groups is 1. The van der Waals surface area contributed by atoms with Crippen molar-refractivity contribution < 1.29 is 14.3 Å². The first kappa shape index (κ1) is 21.0. The Morgan fingerprint density at radius 3 is 2.76 bits per heavy atom. The fourth-order valence-corrected chi connectivity index (χ4v) is 3.77. The number of aromatic nitrogens is 3. The molecule has 0 aliphatic carbocycles. The molecule has 1 aromatic heterocycles. The molecule has 0 saturated carbocycles. The molecule has 1 atom stereocenters. The van der Waals surface area contributed by atoms with Crippen LogP contribution in [0.1, 0.15) is 38.8 Å². The van der Waals surface area contributed by atoms with Gasteiger partial charge >= 0.3 is 5.97 Å². The van der Waals surface area contributed by atoms with Crippen LogP contribution in [0.3, 0.4) is 0 Å². The summed E-state index contributed by atoms with van der Waals surface area (Å²) in [5, 5.41) is 8.54. The molecule has 29 heavy (non-hydrogen) atoms. The molecule has 0 radical (unpaired) electrons. The van der Waals surface area contributed by atoms with Crippen molar-refractivity contribution in [1.82, 2.24) is 14.8 Å². The number of fused-ring (bicyclic) bond motifs is 1. The molecule has 154 valence electrons. The van der Waals surface area contributed by atoms with E-state index in [1.54, 1.807) is 22.5 Å². The maximum Gasteiger partial charge on any atom is 0.338 e. The summed E-state index contributed by atoms with van der Waals surface area (Å²) in [5.74, 6) is 1.91. The Hall–Kier alpha value is -2.74. The van der Waals surface area contributed by atoms with Gasteiger partial charge in [0.25, 0.3) is 0 Å². The fourth-order valence-electron chi connectivity index (χ4n) is 3.08. The minimum Gasteiger partial charge on any atom is -0.494 e. The highest BCUT2D eigenvalue weighted by molar-refractivity contribution is 7.99. The monoisotopic (exact) mass is 414 g/mol. The van der Waals surface area contributed by atoms with Gasteiger partial charge in [0.2, 0.25) is 11.1 Å². The molecule has 1 aromatic carbocycles. The zero-order chi connectivity index (χ0) is 20.8. The predicted molar refractivity (Wildman–Crippen MR) is 114 cm³/mol. The molecule has 0 bridgehead atoms. The summed E-state index contributed by atoms with van der Waals surface area (Å²) in [6.07, 6.45) is 2.58. The number of carbonyl (C=O) groups excluding carboxylic acids is 1. The fraction of sp³-hybridized carbons (Fsp3) is 0.381. The summed E-state index contributed by atoms with van der Waals surface area (Å²) in [6, 6.07) is 7.24. The van der Waals surface area contributed by atoms with E-state index in [0.29, 0.717) is 29.0 Å². The molecule has 0 saturated heterocycles. The summed E-state index contributed by atoms with van der Waals surface area (Å²) >= 11 is 1.59. The molecule has 1 unspecified atom stereocenters. The molecule has 2 heterocycles. The molecule has 7 nitrogen and oxygen atoms in total. The predicted octanol–water partition coefficient (Wildman–Crippen LogP) is 4.20. The van der Waals surface area contributed by atoms with E-state index in [1.807, 2.05) is 38.1 Å². The maximum atomic E-state index is 12.8. The number of rotatable bonds is 9. The largest absolute Gasteiger partial charge is 0.494 e. The number of nitrogens with one attached hydrogen (secondary N) is 1. The van der Waals surface area contributed by atoms with Crippen molar-refractivity contribution in [1.29, 1.82) is 0 Å². The van der Waals surface area contributed by atoms with Crippen LogP contribution in [0.4, 0.5) is 5.95 Å². The molecule has 0 fully saturated rings. The van der Waals surface area contributed by atoms with E-state index >= 15 is 0 Å². The minimum atomic E-state index is -0.442. The number of carbonyl (C=O) groups is 1. The molecule has 0 spiro atoms. The van der Waals surface area contributed by atoms with Crippen molar-refractivity contribution in [3.05, 3.63) is 53.8 Å². The smallest absolute Gasteiger partial charge is 0.338 e. The van der Waals surface area contributed by atoms with Crippen LogP contribution in [0.5, 0.6) is 5.75 Å². The Morgan fingerprint density at radius 1 is 1.34 bits per heavy atom. The highest BCUT2D eigenvalue weighted by Crippen LogP contribution is 2.37. The Morgan fingerprint density at radius 2 is 2.10 bits per heavy atom. The van der Waals surface area contributed by atoms with E-state index in [9.17, 15) is 4.79 Å². The third-order valence-electron chi connectivity index (χ3n) is 4.33. The lowest BCUT2D eigenvalue weighted by Gasteiger charge is -2.28. The van der Waals surface area contributed by atoms with Gasteiger partial charge in [-0.2, -0.15) is 4.98 Å². The van der Waals surface area contributed by atoms with Crippen LogP contribution in [0, 0.1) is 0 Å². The van der Waals surface area contributed by atoms with Crippen LogP contribution in [0.25, 0.3) is 0 Å². The number of nitrogens with zero attached hydrogens (tertiary/aromatic N) is 3. The molecule has 0 amide bonds. The van der Waals surface area contributed by atoms with Crippen molar-refractivity contribution in [2.24, 2.45) is 0 Å². The number of anilines is 1. The van der Waals surface area contributed by atoms with Crippen LogP contribution in [0.15, 0.2) is 53.3 Å². The Balaban J connectivity index is 2.03. The van der Waals surface area contributed by atoms with Gasteiger partial charge in [0, 0.05) is 11.4 Å². The van der Waals surface area contributed by atoms with Gasteiger partial charge in [-0.15, -0.1) is 5.10 Å². The zero-order valence-electron chi connectivity index (χ0n) is 17.0. The molecular formula is C21H26N4O3S. The number of hydrogen-bond donors (Lipinski definition) is 1. The van der Waals surface area contributed by atoms with E-state index in [-0.39, 0.29) is 6.61 Å². The van der Waals surface area contributed by atoms with E-state index in [1.165, 1.54) is 0 Å². The van der Waals surface area contributed by atoms with Crippen LogP contribution >= 0.6 is 11.8 Å². The summed E-state index contributed by atoms with van der Waals surface area (Å²) in [7, 11) is 0. The second kappa shape index (κ2) is 9.65. The average molecular weight is 415 g/mol. The van der Waals surface area contributed by atoms with Crippen molar-refractivity contribution in [2.75, 3.05) is 24.3 Å². The van der Waals surface area contributed by atoms with E-state index in [4.69, 9.17) is 9.47 Å². The van der Waals surface area contributed by atoms with Crippen LogP contribution in [-0.2, 0) is 9.53 Å². The van der Waals surface area contributed by atoms with Crippen molar-refractivity contribution in [3.63, 3.8) is 0 Å². The standard InChI is InChI=1S/C21H26N4O3S/c1-5-12-28-19(26)17-14(4)22-20-23-21(29-13-6-2)24-25(20)18(17)15-8-10-16(11-9-15)27-7-3/h5,8-11,18H,1,6-7,12-13H2,2-4H3,(H,22,23,24). The first-order valence-electron chi connectivity index (χ1n) is 9.66. The van der Waals surface area contributed by atoms with Crippen LogP contribution < -0.4 is 10.1 Å². The molecular weight excluding hydrogens is 388 g/mol. The number of benzene rings is 1. The molecule has 3 rings (SSSR count). The minimum absolute atomic E-state index is 0.146. The van der Waals surface area contributed by atoms with Gasteiger partial charge in [-0.3, -0.25) is 0 Å². The topological polar surface area (TPSA) is 78.3 Å². The lowest BCUT2D eigenvalue weighted by Crippen LogP contribution is -2.29. The number of ether oxygens (including phenoxy) is 2. The van der Waals surface area contributed by atoms with E-state index < -0.39 is 12.0 Å². The molecule has 1 N–H and O–H groups in total. The molecule has 1 aliphatic rings. The Labute approximate surface area is 175 Å². The second-order valence-electron chi connectivity index (χ2n) is 6.47. The summed E-state index contributed by atoms with van der Waals surface area (Å²) in [4.78, 5) is 17.4. The highest BCUT2D eigenvalue weighted by atomic mass is 32.2. The van der Waals surface area contributed by atoms with Gasteiger partial charge in [0.15, 0.2) is 0 Å². The van der Waals surface area contributed by atoms with Crippen LogP contribution in [0.2, 0.25) is 0 Å². The third-order valence-corrected chi connectivity index (χ3v) is 5.37. The van der Waals surface area contributed by atoms with Crippen LogP contribution in [-0.4, -0.2) is 39.7 Å². The van der Waals surface area contributed by atoms with Gasteiger partial charge in [-0.1, -0.05) is 43.5 Å².